The monoisotopic (exact) mass is 240 g/mol. The number of aromatic nitrogens is 5. The molecule has 0 aliphatic rings. The van der Waals surface area contributed by atoms with Gasteiger partial charge in [0.25, 0.3) is 0 Å². The summed E-state index contributed by atoms with van der Waals surface area (Å²) in [5.41, 5.74) is 2.56. The van der Waals surface area contributed by atoms with Gasteiger partial charge in [0, 0.05) is 37.3 Å². The van der Waals surface area contributed by atoms with Gasteiger partial charge in [0.2, 0.25) is 0 Å². The fourth-order valence-corrected chi connectivity index (χ4v) is 1.70. The number of hydrogen-bond acceptors (Lipinski definition) is 5. The van der Waals surface area contributed by atoms with Gasteiger partial charge in [-0.3, -0.25) is 4.98 Å². The van der Waals surface area contributed by atoms with Crippen molar-refractivity contribution in [2.24, 2.45) is 0 Å². The van der Waals surface area contributed by atoms with Gasteiger partial charge >= 0.3 is 0 Å². The second-order valence-electron chi connectivity index (χ2n) is 3.85. The molecule has 2 N–H and O–H groups in total. The third kappa shape index (κ3) is 2.27. The summed E-state index contributed by atoms with van der Waals surface area (Å²) in [4.78, 5) is 19.8. The van der Waals surface area contributed by atoms with Crippen LogP contribution in [0.5, 0.6) is 0 Å². The predicted octanol–water partition coefficient (Wildman–Crippen LogP) is 1.40. The molecule has 0 aliphatic carbocycles. The van der Waals surface area contributed by atoms with E-state index >= 15 is 0 Å². The second-order valence-corrected chi connectivity index (χ2v) is 3.85. The summed E-state index contributed by atoms with van der Waals surface area (Å²) in [6, 6.07) is 3.82. The smallest absolute Gasteiger partial charge is 0.180 e. The molecule has 6 nitrogen and oxygen atoms in total. The zero-order valence-corrected chi connectivity index (χ0v) is 9.67. The molecule has 0 bridgehead atoms. The Morgan fingerprint density at radius 1 is 1.17 bits per heavy atom. The van der Waals surface area contributed by atoms with E-state index in [9.17, 15) is 0 Å². The number of anilines is 1. The van der Waals surface area contributed by atoms with Crippen molar-refractivity contribution < 1.29 is 0 Å². The fraction of sp³-hybridized carbons (Fsp3) is 0.167. The normalized spacial score (nSPS) is 10.7. The van der Waals surface area contributed by atoms with Crippen LogP contribution < -0.4 is 5.32 Å². The number of nitrogens with zero attached hydrogens (tertiary/aromatic N) is 4. The van der Waals surface area contributed by atoms with Crippen LogP contribution in [0.25, 0.3) is 11.2 Å². The lowest BCUT2D eigenvalue weighted by Gasteiger charge is -2.04. The van der Waals surface area contributed by atoms with E-state index in [4.69, 9.17) is 0 Å². The standard InChI is InChI=1S/C12H12N6/c1-2-11(15-4-3-9-7-13-8-17-9)18-12-10(1)14-5-6-16-12/h1-2,5-8H,3-4H2,(H,13,17)(H,15,16,18). The van der Waals surface area contributed by atoms with Crippen LogP contribution in [0.15, 0.2) is 37.1 Å². The molecule has 3 rings (SSSR count). The van der Waals surface area contributed by atoms with Crippen molar-refractivity contribution in [1.82, 2.24) is 24.9 Å². The molecular weight excluding hydrogens is 228 g/mol. The Bertz CT molecular complexity index is 634. The van der Waals surface area contributed by atoms with Crippen molar-refractivity contribution >= 4 is 17.0 Å². The van der Waals surface area contributed by atoms with Gasteiger partial charge in [-0.05, 0) is 12.1 Å². The Morgan fingerprint density at radius 3 is 3.00 bits per heavy atom. The largest absolute Gasteiger partial charge is 0.370 e. The number of fused-ring (bicyclic) bond motifs is 1. The summed E-state index contributed by atoms with van der Waals surface area (Å²) in [5, 5.41) is 3.25. The number of H-pyrrole nitrogens is 1. The lowest BCUT2D eigenvalue weighted by atomic mass is 10.3. The molecule has 0 atom stereocenters. The van der Waals surface area contributed by atoms with Crippen LogP contribution in [-0.2, 0) is 6.42 Å². The van der Waals surface area contributed by atoms with Crippen molar-refractivity contribution in [3.63, 3.8) is 0 Å². The molecule has 0 unspecified atom stereocenters. The minimum Gasteiger partial charge on any atom is -0.370 e. The first-order valence-corrected chi connectivity index (χ1v) is 5.71. The van der Waals surface area contributed by atoms with Crippen molar-refractivity contribution in [3.05, 3.63) is 42.7 Å². The molecule has 0 spiro atoms. The van der Waals surface area contributed by atoms with Crippen LogP contribution in [0.1, 0.15) is 5.69 Å². The summed E-state index contributed by atoms with van der Waals surface area (Å²) in [5.74, 6) is 0.808. The van der Waals surface area contributed by atoms with E-state index in [1.165, 1.54) is 0 Å². The zero-order valence-electron chi connectivity index (χ0n) is 9.67. The summed E-state index contributed by atoms with van der Waals surface area (Å²) in [6.45, 7) is 0.793. The van der Waals surface area contributed by atoms with Crippen molar-refractivity contribution in [2.75, 3.05) is 11.9 Å². The van der Waals surface area contributed by atoms with Crippen LogP contribution >= 0.6 is 0 Å². The van der Waals surface area contributed by atoms with Crippen LogP contribution in [0.4, 0.5) is 5.82 Å². The van der Waals surface area contributed by atoms with Gasteiger partial charge in [-0.25, -0.2) is 15.0 Å². The number of nitrogens with one attached hydrogen (secondary N) is 2. The number of imidazole rings is 1. The van der Waals surface area contributed by atoms with Crippen LogP contribution in [0.2, 0.25) is 0 Å². The molecule has 3 heterocycles. The van der Waals surface area contributed by atoms with Crippen LogP contribution in [-0.4, -0.2) is 31.5 Å². The van der Waals surface area contributed by atoms with E-state index < -0.39 is 0 Å². The van der Waals surface area contributed by atoms with Gasteiger partial charge in [-0.2, -0.15) is 0 Å². The lowest BCUT2D eigenvalue weighted by Crippen LogP contribution is -2.06. The average Bonchev–Trinajstić information content (AvgIpc) is 2.92. The Balaban J connectivity index is 1.67. The Labute approximate surface area is 104 Å². The number of hydrogen-bond donors (Lipinski definition) is 2. The SMILES string of the molecule is c1cnc2nc(NCCc3cnc[nH]3)ccc2n1. The summed E-state index contributed by atoms with van der Waals surface area (Å²) in [7, 11) is 0. The van der Waals surface area contributed by atoms with Gasteiger partial charge < -0.3 is 10.3 Å². The summed E-state index contributed by atoms with van der Waals surface area (Å²) < 4.78 is 0. The van der Waals surface area contributed by atoms with Crippen molar-refractivity contribution in [1.29, 1.82) is 0 Å². The molecule has 0 amide bonds. The molecule has 18 heavy (non-hydrogen) atoms. The third-order valence-corrected chi connectivity index (χ3v) is 2.59. The molecule has 3 aromatic heterocycles. The first-order valence-electron chi connectivity index (χ1n) is 5.71. The molecule has 90 valence electrons. The van der Waals surface area contributed by atoms with E-state index in [-0.39, 0.29) is 0 Å². The first kappa shape index (κ1) is 10.6. The number of rotatable bonds is 4. The summed E-state index contributed by atoms with van der Waals surface area (Å²) in [6.07, 6.45) is 7.68. The van der Waals surface area contributed by atoms with Crippen molar-refractivity contribution in [3.8, 4) is 0 Å². The molecule has 0 aliphatic heterocycles. The molecule has 3 aromatic rings. The van der Waals surface area contributed by atoms with E-state index in [0.29, 0.717) is 5.65 Å². The molecule has 0 aromatic carbocycles. The molecule has 0 radical (unpaired) electrons. The minimum absolute atomic E-state index is 0.657. The quantitative estimate of drug-likeness (QED) is 0.720. The van der Waals surface area contributed by atoms with Crippen LogP contribution in [0, 0.1) is 0 Å². The Morgan fingerprint density at radius 2 is 2.11 bits per heavy atom. The highest BCUT2D eigenvalue weighted by molar-refractivity contribution is 5.71. The summed E-state index contributed by atoms with van der Waals surface area (Å²) >= 11 is 0. The first-order chi connectivity index (χ1) is 8.92. The van der Waals surface area contributed by atoms with Gasteiger partial charge in [0.1, 0.15) is 11.3 Å². The molecular formula is C12H12N6. The third-order valence-electron chi connectivity index (χ3n) is 2.59. The van der Waals surface area contributed by atoms with Gasteiger partial charge in [-0.1, -0.05) is 0 Å². The maximum absolute atomic E-state index is 4.38. The maximum atomic E-state index is 4.38. The van der Waals surface area contributed by atoms with Gasteiger partial charge in [0.15, 0.2) is 5.65 Å². The molecule has 6 heteroatoms. The maximum Gasteiger partial charge on any atom is 0.180 e. The highest BCUT2D eigenvalue weighted by atomic mass is 15.0. The highest BCUT2D eigenvalue weighted by Gasteiger charge is 1.99. The average molecular weight is 240 g/mol. The van der Waals surface area contributed by atoms with Crippen molar-refractivity contribution in [2.45, 2.75) is 6.42 Å². The topological polar surface area (TPSA) is 79.4 Å². The zero-order chi connectivity index (χ0) is 12.2. The molecule has 0 fully saturated rings. The fourth-order valence-electron chi connectivity index (χ4n) is 1.70. The number of pyridine rings is 1. The molecule has 0 saturated heterocycles. The van der Waals surface area contributed by atoms with E-state index in [1.807, 2.05) is 18.3 Å². The van der Waals surface area contributed by atoms with Gasteiger partial charge in [0.05, 0.1) is 6.33 Å². The van der Waals surface area contributed by atoms with E-state index in [0.717, 1.165) is 30.0 Å². The Kier molecular flexibility index (Phi) is 2.83. The van der Waals surface area contributed by atoms with Gasteiger partial charge in [-0.15, -0.1) is 0 Å². The Hall–Kier alpha value is -2.50. The van der Waals surface area contributed by atoms with Crippen LogP contribution in [0.3, 0.4) is 0 Å². The second kappa shape index (κ2) is 4.79. The number of aromatic amines is 1. The predicted molar refractivity (Wildman–Crippen MR) is 68.1 cm³/mol. The lowest BCUT2D eigenvalue weighted by molar-refractivity contribution is 0.969. The minimum atomic E-state index is 0.657. The van der Waals surface area contributed by atoms with E-state index in [2.05, 4.69) is 30.2 Å². The molecule has 0 saturated carbocycles. The van der Waals surface area contributed by atoms with E-state index in [1.54, 1.807) is 18.7 Å². The highest BCUT2D eigenvalue weighted by Crippen LogP contribution is 2.09.